The molecule has 3 saturated carbocycles. The molecular formula is C32H45N3O6. The van der Waals surface area contributed by atoms with Crippen molar-refractivity contribution in [2.75, 3.05) is 20.2 Å². The standard InChI is InChI=1S/C32H45N3O6/c1-31(2,3)12-13-34-29(37)27-20-7-6-19(14-20)24(27)18-35-28(36)23-16-25(21(17-33)15-26(23)40-5)41-22-8-10-32(4,11-9-22)30(38)39/h15-16,19-20,22,24,27H,6-14,18H2,1-5H3,(H,34,37)(H,35,36)(H,38,39)/t19-,20+,22?,24+,27-,32?/m0/s1. The SMILES string of the molecule is COc1cc(C#N)c(OC2CCC(C)(C(=O)O)CC2)cc1C(=O)NC[C@@H]1[C@H]2CC[C@H](C2)[C@@H]1C(=O)NCCC(C)(C)C. The summed E-state index contributed by atoms with van der Waals surface area (Å²) >= 11 is 0. The monoisotopic (exact) mass is 567 g/mol. The average molecular weight is 568 g/mol. The van der Waals surface area contributed by atoms with E-state index in [1.165, 1.54) is 13.2 Å². The summed E-state index contributed by atoms with van der Waals surface area (Å²) in [5.74, 6) is 0.278. The largest absolute Gasteiger partial charge is 0.496 e. The summed E-state index contributed by atoms with van der Waals surface area (Å²) < 4.78 is 11.6. The first kappa shape index (κ1) is 30.7. The molecule has 2 amide bonds. The van der Waals surface area contributed by atoms with Gasteiger partial charge in [-0.25, -0.2) is 0 Å². The van der Waals surface area contributed by atoms with Gasteiger partial charge in [0.15, 0.2) is 0 Å². The predicted octanol–water partition coefficient (Wildman–Crippen LogP) is 4.92. The van der Waals surface area contributed by atoms with E-state index >= 15 is 0 Å². The quantitative estimate of drug-likeness (QED) is 0.365. The number of nitrogens with one attached hydrogen (secondary N) is 2. The number of nitriles is 1. The maximum absolute atomic E-state index is 13.5. The number of aliphatic carboxylic acids is 1. The second-order valence-electron chi connectivity index (χ2n) is 13.7. The van der Waals surface area contributed by atoms with Crippen molar-refractivity contribution in [3.05, 3.63) is 23.3 Å². The normalized spacial score (nSPS) is 28.9. The van der Waals surface area contributed by atoms with Crippen molar-refractivity contribution >= 4 is 17.8 Å². The highest BCUT2D eigenvalue weighted by Crippen LogP contribution is 2.52. The molecule has 0 aliphatic heterocycles. The van der Waals surface area contributed by atoms with Crippen LogP contribution in [0.4, 0.5) is 0 Å². The molecule has 3 aliphatic carbocycles. The maximum atomic E-state index is 13.5. The zero-order valence-corrected chi connectivity index (χ0v) is 25.0. The molecule has 4 rings (SSSR count). The number of fused-ring (bicyclic) bond motifs is 2. The molecule has 1 aromatic rings. The zero-order valence-electron chi connectivity index (χ0n) is 25.0. The Morgan fingerprint density at radius 1 is 1.07 bits per heavy atom. The number of methoxy groups -OCH3 is 1. The first-order valence-corrected chi connectivity index (χ1v) is 14.9. The molecule has 9 heteroatoms. The van der Waals surface area contributed by atoms with Gasteiger partial charge in [-0.05, 0) is 87.5 Å². The number of rotatable bonds is 10. The maximum Gasteiger partial charge on any atom is 0.309 e. The summed E-state index contributed by atoms with van der Waals surface area (Å²) in [6.45, 7) is 9.27. The Balaban J connectivity index is 1.43. The van der Waals surface area contributed by atoms with Gasteiger partial charge in [0.1, 0.15) is 17.6 Å². The van der Waals surface area contributed by atoms with Crippen LogP contribution in [0.1, 0.15) is 95.0 Å². The van der Waals surface area contributed by atoms with Crippen molar-refractivity contribution < 1.29 is 29.0 Å². The molecule has 0 spiro atoms. The van der Waals surface area contributed by atoms with Gasteiger partial charge in [-0.2, -0.15) is 5.26 Å². The van der Waals surface area contributed by atoms with Gasteiger partial charge >= 0.3 is 5.97 Å². The van der Waals surface area contributed by atoms with E-state index < -0.39 is 11.4 Å². The number of amides is 2. The van der Waals surface area contributed by atoms with Crippen LogP contribution in [0.5, 0.6) is 11.5 Å². The summed E-state index contributed by atoms with van der Waals surface area (Å²) in [6.07, 6.45) is 5.88. The Bertz CT molecular complexity index is 1190. The average Bonchev–Trinajstić information content (AvgIpc) is 3.54. The highest BCUT2D eigenvalue weighted by atomic mass is 16.5. The van der Waals surface area contributed by atoms with E-state index in [4.69, 9.17) is 9.47 Å². The van der Waals surface area contributed by atoms with Crippen LogP contribution >= 0.6 is 0 Å². The van der Waals surface area contributed by atoms with Crippen molar-refractivity contribution in [3.63, 3.8) is 0 Å². The summed E-state index contributed by atoms with van der Waals surface area (Å²) in [4.78, 5) is 38.3. The summed E-state index contributed by atoms with van der Waals surface area (Å²) in [6, 6.07) is 5.19. The molecule has 0 saturated heterocycles. The highest BCUT2D eigenvalue weighted by molar-refractivity contribution is 5.97. The van der Waals surface area contributed by atoms with Gasteiger partial charge in [-0.15, -0.1) is 0 Å². The number of hydrogen-bond acceptors (Lipinski definition) is 6. The number of ether oxygens (including phenoxy) is 2. The molecule has 1 aromatic carbocycles. The van der Waals surface area contributed by atoms with E-state index in [-0.39, 0.29) is 52.0 Å². The van der Waals surface area contributed by atoms with E-state index in [0.29, 0.717) is 56.4 Å². The molecule has 2 bridgehead atoms. The van der Waals surface area contributed by atoms with E-state index in [1.54, 1.807) is 13.0 Å². The molecule has 3 N–H and O–H groups in total. The summed E-state index contributed by atoms with van der Waals surface area (Å²) in [5, 5.41) is 25.5. The fraction of sp³-hybridized carbons (Fsp3) is 0.688. The number of hydrogen-bond donors (Lipinski definition) is 3. The molecule has 3 aliphatic rings. The molecule has 3 fully saturated rings. The lowest BCUT2D eigenvalue weighted by molar-refractivity contribution is -0.150. The Hall–Kier alpha value is -3.28. The molecule has 4 atom stereocenters. The van der Waals surface area contributed by atoms with E-state index in [2.05, 4.69) is 37.5 Å². The van der Waals surface area contributed by atoms with Crippen molar-refractivity contribution in [2.45, 2.75) is 85.2 Å². The smallest absolute Gasteiger partial charge is 0.309 e. The lowest BCUT2D eigenvalue weighted by Gasteiger charge is -2.34. The molecule has 0 aromatic heterocycles. The zero-order chi connectivity index (χ0) is 29.9. The molecule has 0 heterocycles. The Labute approximate surface area is 243 Å². The van der Waals surface area contributed by atoms with Crippen molar-refractivity contribution in [2.24, 2.45) is 34.5 Å². The van der Waals surface area contributed by atoms with Crippen molar-refractivity contribution in [3.8, 4) is 17.6 Å². The first-order chi connectivity index (χ1) is 19.3. The number of carboxylic acid groups (broad SMARTS) is 1. The van der Waals surface area contributed by atoms with Crippen molar-refractivity contribution in [1.29, 1.82) is 5.26 Å². The molecule has 0 unspecified atom stereocenters. The van der Waals surface area contributed by atoms with E-state index in [0.717, 1.165) is 25.7 Å². The Morgan fingerprint density at radius 2 is 1.76 bits per heavy atom. The van der Waals surface area contributed by atoms with Gasteiger partial charge in [0.05, 0.1) is 29.8 Å². The van der Waals surface area contributed by atoms with E-state index in [1.807, 2.05) is 0 Å². The third-order valence-corrected chi connectivity index (χ3v) is 9.58. The van der Waals surface area contributed by atoms with Crippen LogP contribution in [-0.4, -0.2) is 49.2 Å². The predicted molar refractivity (Wildman–Crippen MR) is 154 cm³/mol. The van der Waals surface area contributed by atoms with Crippen molar-refractivity contribution in [1.82, 2.24) is 10.6 Å². The topological polar surface area (TPSA) is 138 Å². The number of carboxylic acids is 1. The number of carbonyl (C=O) groups excluding carboxylic acids is 2. The van der Waals surface area contributed by atoms with Crippen LogP contribution in [0.3, 0.4) is 0 Å². The lowest BCUT2D eigenvalue weighted by Crippen LogP contribution is -2.43. The summed E-state index contributed by atoms with van der Waals surface area (Å²) in [5.41, 5.74) is -0.107. The molecule has 224 valence electrons. The minimum Gasteiger partial charge on any atom is -0.496 e. The minimum atomic E-state index is -0.808. The second kappa shape index (κ2) is 12.3. The number of carbonyl (C=O) groups is 3. The van der Waals surface area contributed by atoms with Gasteiger partial charge in [0, 0.05) is 25.1 Å². The van der Waals surface area contributed by atoms with Crippen LogP contribution in [0.25, 0.3) is 0 Å². The van der Waals surface area contributed by atoms with Gasteiger partial charge in [-0.1, -0.05) is 20.8 Å². The fourth-order valence-electron chi connectivity index (χ4n) is 6.93. The molecule has 41 heavy (non-hydrogen) atoms. The highest BCUT2D eigenvalue weighted by Gasteiger charge is 2.50. The second-order valence-corrected chi connectivity index (χ2v) is 13.7. The third-order valence-electron chi connectivity index (χ3n) is 9.58. The lowest BCUT2D eigenvalue weighted by atomic mass is 9.75. The molecule has 9 nitrogen and oxygen atoms in total. The van der Waals surface area contributed by atoms with E-state index in [9.17, 15) is 24.8 Å². The summed E-state index contributed by atoms with van der Waals surface area (Å²) in [7, 11) is 1.45. The van der Waals surface area contributed by atoms with Crippen LogP contribution in [0.15, 0.2) is 12.1 Å². The van der Waals surface area contributed by atoms with Crippen LogP contribution in [0.2, 0.25) is 0 Å². The van der Waals surface area contributed by atoms with Crippen LogP contribution in [-0.2, 0) is 9.59 Å². The number of benzene rings is 1. The fourth-order valence-corrected chi connectivity index (χ4v) is 6.93. The first-order valence-electron chi connectivity index (χ1n) is 14.9. The van der Waals surface area contributed by atoms with Gasteiger partial charge in [0.25, 0.3) is 5.91 Å². The van der Waals surface area contributed by atoms with Gasteiger partial charge in [-0.3, -0.25) is 14.4 Å². The third kappa shape index (κ3) is 6.97. The minimum absolute atomic E-state index is 0.0817. The Kier molecular flexibility index (Phi) is 9.20. The molecular weight excluding hydrogens is 522 g/mol. The van der Waals surface area contributed by atoms with Gasteiger partial charge in [0.2, 0.25) is 5.91 Å². The number of nitrogens with zero attached hydrogens (tertiary/aromatic N) is 1. The van der Waals surface area contributed by atoms with Gasteiger partial charge < -0.3 is 25.2 Å². The molecule has 0 radical (unpaired) electrons. The Morgan fingerprint density at radius 3 is 2.37 bits per heavy atom. The van der Waals surface area contributed by atoms with Crippen LogP contribution < -0.4 is 20.1 Å². The van der Waals surface area contributed by atoms with Crippen LogP contribution in [0, 0.1) is 45.8 Å².